The maximum atomic E-state index is 5.71. The van der Waals surface area contributed by atoms with Gasteiger partial charge in [0.1, 0.15) is 5.82 Å². The number of hydrogen-bond donors (Lipinski definition) is 2. The number of halogens is 1. The molecule has 0 spiro atoms. The Morgan fingerprint density at radius 1 is 1.18 bits per heavy atom. The second-order valence-electron chi connectivity index (χ2n) is 3.47. The van der Waals surface area contributed by atoms with Gasteiger partial charge in [0, 0.05) is 11.9 Å². The molecule has 0 unspecified atom stereocenters. The molecule has 0 bridgehead atoms. The van der Waals surface area contributed by atoms with Crippen molar-refractivity contribution >= 4 is 34.1 Å². The summed E-state index contributed by atoms with van der Waals surface area (Å²) in [5, 5.41) is 3.36. The standard InChI is InChI=1S/C11H8ClN5/c12-11-13-4-3-10(17-11)16-7-1-2-8-9(5-7)15-6-14-8/h1-6H,(H,14,15)(H,13,16,17). The van der Waals surface area contributed by atoms with Crippen LogP contribution in [0, 0.1) is 0 Å². The summed E-state index contributed by atoms with van der Waals surface area (Å²) in [6, 6.07) is 7.58. The molecule has 84 valence electrons. The van der Waals surface area contributed by atoms with Crippen molar-refractivity contribution < 1.29 is 0 Å². The molecule has 0 fully saturated rings. The van der Waals surface area contributed by atoms with Crippen LogP contribution in [0.25, 0.3) is 11.0 Å². The van der Waals surface area contributed by atoms with E-state index in [1.54, 1.807) is 18.6 Å². The average molecular weight is 246 g/mol. The summed E-state index contributed by atoms with van der Waals surface area (Å²) in [5.74, 6) is 0.653. The third-order valence-electron chi connectivity index (χ3n) is 2.32. The van der Waals surface area contributed by atoms with Crippen molar-refractivity contribution in [2.24, 2.45) is 0 Å². The molecular formula is C11H8ClN5. The molecule has 17 heavy (non-hydrogen) atoms. The van der Waals surface area contributed by atoms with E-state index < -0.39 is 0 Å². The van der Waals surface area contributed by atoms with Crippen molar-refractivity contribution in [1.29, 1.82) is 0 Å². The highest BCUT2D eigenvalue weighted by Crippen LogP contribution is 2.19. The van der Waals surface area contributed by atoms with Gasteiger partial charge in [0.15, 0.2) is 0 Å². The molecule has 2 heterocycles. The second-order valence-corrected chi connectivity index (χ2v) is 3.81. The fourth-order valence-electron chi connectivity index (χ4n) is 1.56. The van der Waals surface area contributed by atoms with Gasteiger partial charge in [0.25, 0.3) is 0 Å². The normalized spacial score (nSPS) is 10.6. The number of fused-ring (bicyclic) bond motifs is 1. The monoisotopic (exact) mass is 245 g/mol. The minimum atomic E-state index is 0.218. The molecular weight excluding hydrogens is 238 g/mol. The predicted molar refractivity (Wildman–Crippen MR) is 66.4 cm³/mol. The molecule has 0 aliphatic carbocycles. The second kappa shape index (κ2) is 4.03. The SMILES string of the molecule is Clc1nccc(Nc2ccc3[nH]cnc3c2)n1. The van der Waals surface area contributed by atoms with Gasteiger partial charge >= 0.3 is 0 Å². The molecule has 0 radical (unpaired) electrons. The van der Waals surface area contributed by atoms with E-state index in [0.717, 1.165) is 16.7 Å². The van der Waals surface area contributed by atoms with Crippen LogP contribution in [0.15, 0.2) is 36.8 Å². The minimum Gasteiger partial charge on any atom is -0.345 e. The molecule has 5 nitrogen and oxygen atoms in total. The molecule has 1 aromatic carbocycles. The van der Waals surface area contributed by atoms with Gasteiger partial charge in [0.2, 0.25) is 5.28 Å². The van der Waals surface area contributed by atoms with Crippen LogP contribution in [0.4, 0.5) is 11.5 Å². The van der Waals surface area contributed by atoms with Crippen LogP contribution in [-0.2, 0) is 0 Å². The molecule has 2 aromatic heterocycles. The van der Waals surface area contributed by atoms with Crippen molar-refractivity contribution in [3.8, 4) is 0 Å². The van der Waals surface area contributed by atoms with Gasteiger partial charge in [-0.1, -0.05) is 0 Å². The molecule has 0 saturated carbocycles. The van der Waals surface area contributed by atoms with E-state index in [2.05, 4.69) is 25.3 Å². The highest BCUT2D eigenvalue weighted by Gasteiger charge is 2.00. The first-order valence-electron chi connectivity index (χ1n) is 5.00. The van der Waals surface area contributed by atoms with Crippen LogP contribution >= 0.6 is 11.6 Å². The lowest BCUT2D eigenvalue weighted by molar-refractivity contribution is 1.17. The highest BCUT2D eigenvalue weighted by atomic mass is 35.5. The van der Waals surface area contributed by atoms with E-state index in [1.165, 1.54) is 0 Å². The van der Waals surface area contributed by atoms with E-state index in [9.17, 15) is 0 Å². The van der Waals surface area contributed by atoms with E-state index in [0.29, 0.717) is 5.82 Å². The lowest BCUT2D eigenvalue weighted by Crippen LogP contribution is -1.94. The Morgan fingerprint density at radius 2 is 2.12 bits per heavy atom. The topological polar surface area (TPSA) is 66.5 Å². The van der Waals surface area contributed by atoms with Gasteiger partial charge in [-0.25, -0.2) is 15.0 Å². The molecule has 0 aliphatic heterocycles. The van der Waals surface area contributed by atoms with Crippen LogP contribution in [0.3, 0.4) is 0 Å². The molecule has 0 amide bonds. The lowest BCUT2D eigenvalue weighted by Gasteiger charge is -2.04. The Kier molecular flexibility index (Phi) is 2.38. The fourth-order valence-corrected chi connectivity index (χ4v) is 1.71. The van der Waals surface area contributed by atoms with Crippen molar-refractivity contribution in [1.82, 2.24) is 19.9 Å². The highest BCUT2D eigenvalue weighted by molar-refractivity contribution is 6.28. The Bertz CT molecular complexity index is 664. The molecule has 0 atom stereocenters. The largest absolute Gasteiger partial charge is 0.345 e. The summed E-state index contributed by atoms with van der Waals surface area (Å²) in [7, 11) is 0. The van der Waals surface area contributed by atoms with Crippen LogP contribution in [0.5, 0.6) is 0 Å². The van der Waals surface area contributed by atoms with Crippen molar-refractivity contribution in [2.75, 3.05) is 5.32 Å². The molecule has 6 heteroatoms. The number of H-pyrrole nitrogens is 1. The number of nitrogens with one attached hydrogen (secondary N) is 2. The summed E-state index contributed by atoms with van der Waals surface area (Å²) in [6.07, 6.45) is 3.26. The fraction of sp³-hybridized carbons (Fsp3) is 0. The number of anilines is 2. The Labute approximate surface area is 102 Å². The number of hydrogen-bond acceptors (Lipinski definition) is 4. The van der Waals surface area contributed by atoms with Gasteiger partial charge in [0.05, 0.1) is 17.4 Å². The molecule has 3 aromatic rings. The summed E-state index contributed by atoms with van der Waals surface area (Å²) in [4.78, 5) is 15.1. The zero-order valence-electron chi connectivity index (χ0n) is 8.68. The summed E-state index contributed by atoms with van der Waals surface area (Å²) in [6.45, 7) is 0. The van der Waals surface area contributed by atoms with Crippen molar-refractivity contribution in [2.45, 2.75) is 0 Å². The summed E-state index contributed by atoms with van der Waals surface area (Å²) in [5.41, 5.74) is 2.80. The number of nitrogens with zero attached hydrogens (tertiary/aromatic N) is 3. The van der Waals surface area contributed by atoms with E-state index in [-0.39, 0.29) is 5.28 Å². The number of aromatic nitrogens is 4. The Morgan fingerprint density at radius 3 is 3.00 bits per heavy atom. The quantitative estimate of drug-likeness (QED) is 0.682. The summed E-state index contributed by atoms with van der Waals surface area (Å²) >= 11 is 5.71. The molecule has 2 N–H and O–H groups in total. The van der Waals surface area contributed by atoms with Gasteiger partial charge in [-0.15, -0.1) is 0 Å². The number of benzene rings is 1. The maximum Gasteiger partial charge on any atom is 0.224 e. The third-order valence-corrected chi connectivity index (χ3v) is 2.50. The minimum absolute atomic E-state index is 0.218. The smallest absolute Gasteiger partial charge is 0.224 e. The van der Waals surface area contributed by atoms with Crippen LogP contribution in [0.2, 0.25) is 5.28 Å². The molecule has 0 saturated heterocycles. The lowest BCUT2D eigenvalue weighted by atomic mass is 10.3. The Balaban J connectivity index is 1.94. The number of aromatic amines is 1. The molecule has 3 rings (SSSR count). The Hall–Kier alpha value is -2.14. The first-order chi connectivity index (χ1) is 8.31. The van der Waals surface area contributed by atoms with Crippen LogP contribution < -0.4 is 5.32 Å². The first-order valence-corrected chi connectivity index (χ1v) is 5.38. The van der Waals surface area contributed by atoms with E-state index >= 15 is 0 Å². The van der Waals surface area contributed by atoms with Crippen molar-refractivity contribution in [3.05, 3.63) is 42.1 Å². The van der Waals surface area contributed by atoms with Gasteiger partial charge in [-0.3, -0.25) is 0 Å². The number of rotatable bonds is 2. The van der Waals surface area contributed by atoms with Crippen molar-refractivity contribution in [3.63, 3.8) is 0 Å². The first kappa shape index (κ1) is 10.0. The average Bonchev–Trinajstić information content (AvgIpc) is 2.76. The summed E-state index contributed by atoms with van der Waals surface area (Å²) < 4.78 is 0. The third kappa shape index (κ3) is 2.05. The van der Waals surface area contributed by atoms with Gasteiger partial charge < -0.3 is 10.3 Å². The van der Waals surface area contributed by atoms with Gasteiger partial charge in [-0.05, 0) is 35.9 Å². The van der Waals surface area contributed by atoms with E-state index in [4.69, 9.17) is 11.6 Å². The zero-order valence-corrected chi connectivity index (χ0v) is 9.44. The predicted octanol–water partition coefficient (Wildman–Crippen LogP) is 2.75. The van der Waals surface area contributed by atoms with Gasteiger partial charge in [-0.2, -0.15) is 0 Å². The maximum absolute atomic E-state index is 5.71. The number of imidazole rings is 1. The zero-order chi connectivity index (χ0) is 11.7. The molecule has 0 aliphatic rings. The van der Waals surface area contributed by atoms with Crippen LogP contribution in [-0.4, -0.2) is 19.9 Å². The van der Waals surface area contributed by atoms with Crippen LogP contribution in [0.1, 0.15) is 0 Å². The van der Waals surface area contributed by atoms with E-state index in [1.807, 2.05) is 18.2 Å².